The molecule has 0 fully saturated rings. The van der Waals surface area contributed by atoms with Crippen molar-refractivity contribution in [3.63, 3.8) is 0 Å². The van der Waals surface area contributed by atoms with Gasteiger partial charge in [0.05, 0.1) is 18.6 Å². The number of amides is 1. The molecule has 1 rings (SSSR count). The molecule has 6 nitrogen and oxygen atoms in total. The monoisotopic (exact) mass is 321 g/mol. The molecule has 0 aliphatic heterocycles. The van der Waals surface area contributed by atoms with Gasteiger partial charge in [-0.15, -0.1) is 0 Å². The van der Waals surface area contributed by atoms with Crippen LogP contribution >= 0.6 is 0 Å². The van der Waals surface area contributed by atoms with E-state index in [4.69, 9.17) is 4.74 Å². The fraction of sp³-hybridized carbons (Fsp3) is 0.615. The number of ether oxygens (including phenoxy) is 1. The molecule has 22 heavy (non-hydrogen) atoms. The number of rotatable bonds is 7. The molecular formula is C13H18F3N3O3. The molecule has 1 amide bonds. The van der Waals surface area contributed by atoms with Crippen LogP contribution in [0.1, 0.15) is 25.5 Å². The normalized spacial score (nSPS) is 12.8. The number of halogens is 3. The Morgan fingerprint density at radius 1 is 1.45 bits per heavy atom. The summed E-state index contributed by atoms with van der Waals surface area (Å²) in [4.78, 5) is 26.8. The summed E-state index contributed by atoms with van der Waals surface area (Å²) in [6.07, 6.45) is -0.880. The van der Waals surface area contributed by atoms with Crippen LogP contribution in [0.5, 0.6) is 0 Å². The Balaban J connectivity index is 2.75. The zero-order valence-corrected chi connectivity index (χ0v) is 12.3. The third-order valence-corrected chi connectivity index (χ3v) is 2.76. The summed E-state index contributed by atoms with van der Waals surface area (Å²) in [5.41, 5.74) is 0.377. The van der Waals surface area contributed by atoms with Crippen LogP contribution in [0.3, 0.4) is 0 Å². The lowest BCUT2D eigenvalue weighted by atomic mass is 10.1. The number of aryl methyl sites for hydroxylation is 1. The quantitative estimate of drug-likeness (QED) is 0.608. The van der Waals surface area contributed by atoms with Gasteiger partial charge in [-0.2, -0.15) is 13.2 Å². The van der Waals surface area contributed by atoms with E-state index in [1.54, 1.807) is 23.1 Å². The number of aromatic nitrogens is 2. The fourth-order valence-corrected chi connectivity index (χ4v) is 1.63. The van der Waals surface area contributed by atoms with Gasteiger partial charge in [0, 0.05) is 19.7 Å². The fourth-order valence-electron chi connectivity index (χ4n) is 1.63. The maximum absolute atomic E-state index is 12.3. The van der Waals surface area contributed by atoms with E-state index in [1.807, 2.05) is 6.92 Å². The molecule has 0 aliphatic carbocycles. The van der Waals surface area contributed by atoms with Crippen molar-refractivity contribution in [2.24, 2.45) is 7.05 Å². The largest absolute Gasteiger partial charge is 0.471 e. The number of hydrogen-bond acceptors (Lipinski definition) is 4. The molecule has 1 N–H and O–H groups in total. The molecule has 124 valence electrons. The summed E-state index contributed by atoms with van der Waals surface area (Å²) in [5.74, 6) is -3.09. The van der Waals surface area contributed by atoms with Gasteiger partial charge in [0.1, 0.15) is 6.04 Å². The molecule has 1 unspecified atom stereocenters. The minimum Gasteiger partial charge on any atom is -0.464 e. The van der Waals surface area contributed by atoms with Crippen LogP contribution in [0.25, 0.3) is 0 Å². The molecule has 0 bridgehead atoms. The van der Waals surface area contributed by atoms with Crippen molar-refractivity contribution in [2.75, 3.05) is 6.61 Å². The number of carbonyl (C=O) groups is 2. The highest BCUT2D eigenvalue weighted by molar-refractivity contribution is 5.87. The number of nitrogens with zero attached hydrogens (tertiary/aromatic N) is 2. The maximum atomic E-state index is 12.3. The highest BCUT2D eigenvalue weighted by Crippen LogP contribution is 2.15. The van der Waals surface area contributed by atoms with Gasteiger partial charge in [-0.3, -0.25) is 4.79 Å². The Kier molecular flexibility index (Phi) is 6.39. The Hall–Kier alpha value is -2.06. The Morgan fingerprint density at radius 2 is 2.14 bits per heavy atom. The standard InChI is InChI=1S/C13H18F3N3O3/c1-3-4-5-22-11(20)10(18-12(21)13(14,15)16)6-9-7-19(2)8-17-9/h7-8,10H,3-6H2,1-2H3,(H,18,21). The van der Waals surface area contributed by atoms with Gasteiger partial charge in [-0.25, -0.2) is 9.78 Å². The molecule has 1 aromatic rings. The summed E-state index contributed by atoms with van der Waals surface area (Å²) in [7, 11) is 1.68. The van der Waals surface area contributed by atoms with Crippen molar-refractivity contribution in [3.8, 4) is 0 Å². The maximum Gasteiger partial charge on any atom is 0.471 e. The minimum absolute atomic E-state index is 0.0932. The van der Waals surface area contributed by atoms with Crippen LogP contribution in [-0.2, 0) is 27.8 Å². The summed E-state index contributed by atoms with van der Waals surface area (Å²) < 4.78 is 43.5. The van der Waals surface area contributed by atoms with E-state index in [1.165, 1.54) is 6.33 Å². The lowest BCUT2D eigenvalue weighted by Crippen LogP contribution is -2.48. The highest BCUT2D eigenvalue weighted by atomic mass is 19.4. The number of nitrogens with one attached hydrogen (secondary N) is 1. The van der Waals surface area contributed by atoms with Crippen LogP contribution in [0.15, 0.2) is 12.5 Å². The van der Waals surface area contributed by atoms with Gasteiger partial charge in [-0.05, 0) is 6.42 Å². The third-order valence-electron chi connectivity index (χ3n) is 2.76. The molecular weight excluding hydrogens is 303 g/mol. The topological polar surface area (TPSA) is 73.2 Å². The van der Waals surface area contributed by atoms with Crippen molar-refractivity contribution < 1.29 is 27.5 Å². The zero-order valence-electron chi connectivity index (χ0n) is 12.3. The van der Waals surface area contributed by atoms with E-state index >= 15 is 0 Å². The van der Waals surface area contributed by atoms with Crippen molar-refractivity contribution in [1.29, 1.82) is 0 Å². The summed E-state index contributed by atoms with van der Waals surface area (Å²) >= 11 is 0. The SMILES string of the molecule is CCCCOC(=O)C(Cc1cn(C)cn1)NC(=O)C(F)(F)F. The molecule has 0 aromatic carbocycles. The Bertz CT molecular complexity index is 514. The summed E-state index contributed by atoms with van der Waals surface area (Å²) in [5, 5.41) is 1.65. The second-order valence-corrected chi connectivity index (χ2v) is 4.78. The molecule has 1 heterocycles. The van der Waals surface area contributed by atoms with Gasteiger partial charge in [0.15, 0.2) is 0 Å². The lowest BCUT2D eigenvalue weighted by Gasteiger charge is -2.17. The molecule has 9 heteroatoms. The van der Waals surface area contributed by atoms with Crippen molar-refractivity contribution in [3.05, 3.63) is 18.2 Å². The number of unbranched alkanes of at least 4 members (excludes halogenated alkanes) is 1. The van der Waals surface area contributed by atoms with E-state index in [2.05, 4.69) is 4.98 Å². The zero-order chi connectivity index (χ0) is 16.8. The van der Waals surface area contributed by atoms with E-state index < -0.39 is 24.1 Å². The molecule has 0 spiro atoms. The van der Waals surface area contributed by atoms with Crippen molar-refractivity contribution >= 4 is 11.9 Å². The molecule has 0 saturated heterocycles. The third kappa shape index (κ3) is 5.74. The van der Waals surface area contributed by atoms with E-state index in [0.29, 0.717) is 12.1 Å². The first kappa shape index (κ1) is 18.0. The van der Waals surface area contributed by atoms with Gasteiger partial charge >= 0.3 is 18.1 Å². The Labute approximate surface area is 125 Å². The number of hydrogen-bond donors (Lipinski definition) is 1. The predicted octanol–water partition coefficient (Wildman–Crippen LogP) is 1.35. The van der Waals surface area contributed by atoms with Gasteiger partial charge in [0.2, 0.25) is 0 Å². The lowest BCUT2D eigenvalue weighted by molar-refractivity contribution is -0.175. The second-order valence-electron chi connectivity index (χ2n) is 4.78. The van der Waals surface area contributed by atoms with Crippen LogP contribution in [0, 0.1) is 0 Å². The number of alkyl halides is 3. The first-order valence-electron chi connectivity index (χ1n) is 6.75. The minimum atomic E-state index is -5.06. The van der Waals surface area contributed by atoms with Crippen LogP contribution in [-0.4, -0.2) is 40.3 Å². The van der Waals surface area contributed by atoms with Crippen molar-refractivity contribution in [2.45, 2.75) is 38.4 Å². The van der Waals surface area contributed by atoms with Gasteiger partial charge < -0.3 is 14.6 Å². The summed E-state index contributed by atoms with van der Waals surface area (Å²) in [6.45, 7) is 1.97. The second kappa shape index (κ2) is 7.81. The first-order valence-corrected chi connectivity index (χ1v) is 6.75. The molecule has 0 aliphatic rings. The number of carbonyl (C=O) groups excluding carboxylic acids is 2. The average Bonchev–Trinajstić information content (AvgIpc) is 2.82. The Morgan fingerprint density at radius 3 is 2.64 bits per heavy atom. The van der Waals surface area contributed by atoms with Crippen molar-refractivity contribution in [1.82, 2.24) is 14.9 Å². The molecule has 0 radical (unpaired) electrons. The van der Waals surface area contributed by atoms with E-state index in [9.17, 15) is 22.8 Å². The predicted molar refractivity (Wildman–Crippen MR) is 70.8 cm³/mol. The summed E-state index contributed by atoms with van der Waals surface area (Å²) in [6, 6.07) is -1.43. The number of esters is 1. The number of imidazole rings is 1. The van der Waals surface area contributed by atoms with Crippen LogP contribution in [0.2, 0.25) is 0 Å². The molecule has 0 saturated carbocycles. The van der Waals surface area contributed by atoms with Crippen LogP contribution < -0.4 is 5.32 Å². The van der Waals surface area contributed by atoms with Crippen LogP contribution in [0.4, 0.5) is 13.2 Å². The van der Waals surface area contributed by atoms with E-state index in [0.717, 1.165) is 6.42 Å². The average molecular weight is 321 g/mol. The van der Waals surface area contributed by atoms with Gasteiger partial charge in [-0.1, -0.05) is 13.3 Å². The van der Waals surface area contributed by atoms with E-state index in [-0.39, 0.29) is 13.0 Å². The first-order chi connectivity index (χ1) is 10.2. The smallest absolute Gasteiger partial charge is 0.464 e. The highest BCUT2D eigenvalue weighted by Gasteiger charge is 2.41. The molecule has 1 aromatic heterocycles. The van der Waals surface area contributed by atoms with Gasteiger partial charge in [0.25, 0.3) is 0 Å². The molecule has 1 atom stereocenters.